The maximum absolute atomic E-state index is 11.6. The highest BCUT2D eigenvalue weighted by atomic mass is 16.6. The molecule has 3 atom stereocenters. The molecule has 1 aliphatic carbocycles. The van der Waals surface area contributed by atoms with Gasteiger partial charge in [0.1, 0.15) is 5.69 Å². The van der Waals surface area contributed by atoms with Crippen molar-refractivity contribution < 1.29 is 4.92 Å². The number of benzene rings is 1. The fourth-order valence-corrected chi connectivity index (χ4v) is 4.08. The van der Waals surface area contributed by atoms with Crippen LogP contribution in [0.5, 0.6) is 0 Å². The minimum atomic E-state index is -0.285. The van der Waals surface area contributed by atoms with Crippen LogP contribution in [0.3, 0.4) is 0 Å². The maximum Gasteiger partial charge on any atom is 0.292 e. The number of anilines is 1. The van der Waals surface area contributed by atoms with Crippen molar-refractivity contribution >= 4 is 11.4 Å². The van der Waals surface area contributed by atoms with Gasteiger partial charge in [0.2, 0.25) is 0 Å². The molecule has 5 nitrogen and oxygen atoms in total. The molecule has 5 heteroatoms. The average Bonchev–Trinajstić information content (AvgIpc) is 3.07. The molecule has 1 aromatic carbocycles. The Morgan fingerprint density at radius 3 is 2.88 bits per heavy atom. The zero-order valence-electron chi connectivity index (χ0n) is 13.7. The number of aryl methyl sites for hydroxylation is 1. The molecule has 0 amide bonds. The van der Waals surface area contributed by atoms with Crippen LogP contribution in [0.15, 0.2) is 42.6 Å². The Bertz CT molecular complexity index is 845. The summed E-state index contributed by atoms with van der Waals surface area (Å²) in [5, 5.41) is 15.1. The van der Waals surface area contributed by atoms with Crippen molar-refractivity contribution in [2.75, 3.05) is 5.32 Å². The molecule has 2 aromatic rings. The standard InChI is InChI=1S/C19H19N3O2/c1-11-10-16(22(23)24)19-17(12(11)2)13-6-5-7-14(13)18(21-19)15-8-3-4-9-20-15/h3-6,8-10,13-14,18,21H,7H2,1-2H3/t13-,14+,18+/m1/s1. The van der Waals surface area contributed by atoms with E-state index in [0.717, 1.165) is 28.8 Å². The fourth-order valence-electron chi connectivity index (χ4n) is 4.08. The molecule has 4 rings (SSSR count). The highest BCUT2D eigenvalue weighted by Crippen LogP contribution is 2.53. The van der Waals surface area contributed by atoms with Crippen LogP contribution in [-0.4, -0.2) is 9.91 Å². The number of rotatable bonds is 2. The largest absolute Gasteiger partial charge is 0.371 e. The van der Waals surface area contributed by atoms with E-state index in [9.17, 15) is 10.1 Å². The van der Waals surface area contributed by atoms with Crippen molar-refractivity contribution in [1.82, 2.24) is 4.98 Å². The molecule has 0 spiro atoms. The first-order chi connectivity index (χ1) is 11.6. The molecular weight excluding hydrogens is 302 g/mol. The Balaban J connectivity index is 1.92. The highest BCUT2D eigenvalue weighted by Gasteiger charge is 2.42. The summed E-state index contributed by atoms with van der Waals surface area (Å²) in [4.78, 5) is 15.8. The number of nitrogens with zero attached hydrogens (tertiary/aromatic N) is 2. The molecule has 0 saturated heterocycles. The van der Waals surface area contributed by atoms with E-state index in [0.29, 0.717) is 11.6 Å². The van der Waals surface area contributed by atoms with Crippen LogP contribution in [0.4, 0.5) is 11.4 Å². The van der Waals surface area contributed by atoms with Gasteiger partial charge in [0.25, 0.3) is 5.69 Å². The lowest BCUT2D eigenvalue weighted by Crippen LogP contribution is -2.31. The van der Waals surface area contributed by atoms with Gasteiger partial charge in [-0.15, -0.1) is 0 Å². The van der Waals surface area contributed by atoms with Crippen molar-refractivity contribution in [3.8, 4) is 0 Å². The molecule has 122 valence electrons. The molecule has 24 heavy (non-hydrogen) atoms. The zero-order valence-corrected chi connectivity index (χ0v) is 13.7. The summed E-state index contributed by atoms with van der Waals surface area (Å²) in [7, 11) is 0. The summed E-state index contributed by atoms with van der Waals surface area (Å²) in [5.74, 6) is 0.541. The van der Waals surface area contributed by atoms with Gasteiger partial charge in [-0.3, -0.25) is 15.1 Å². The molecular formula is C19H19N3O2. The fraction of sp³-hybridized carbons (Fsp3) is 0.316. The average molecular weight is 321 g/mol. The van der Waals surface area contributed by atoms with Crippen LogP contribution >= 0.6 is 0 Å². The summed E-state index contributed by atoms with van der Waals surface area (Å²) in [6.45, 7) is 4.00. The minimum Gasteiger partial charge on any atom is -0.371 e. The molecule has 0 radical (unpaired) electrons. The van der Waals surface area contributed by atoms with E-state index < -0.39 is 0 Å². The second kappa shape index (κ2) is 5.44. The first-order valence-electron chi connectivity index (χ1n) is 8.20. The Kier molecular flexibility index (Phi) is 3.37. The molecule has 1 aliphatic heterocycles. The van der Waals surface area contributed by atoms with E-state index >= 15 is 0 Å². The quantitative estimate of drug-likeness (QED) is 0.504. The number of fused-ring (bicyclic) bond motifs is 3. The maximum atomic E-state index is 11.6. The number of hydrogen-bond donors (Lipinski definition) is 1. The second-order valence-electron chi connectivity index (χ2n) is 6.61. The summed E-state index contributed by atoms with van der Waals surface area (Å²) >= 11 is 0. The van der Waals surface area contributed by atoms with E-state index in [2.05, 4.69) is 29.4 Å². The van der Waals surface area contributed by atoms with Gasteiger partial charge in [-0.25, -0.2) is 0 Å². The Hall–Kier alpha value is -2.69. The normalized spacial score (nSPS) is 24.2. The number of allylic oxidation sites excluding steroid dienone is 2. The van der Waals surface area contributed by atoms with Crippen LogP contribution in [0, 0.1) is 29.9 Å². The number of hydrogen-bond acceptors (Lipinski definition) is 4. The SMILES string of the molecule is Cc1cc([N+](=O)[O-])c2c(c1C)[C@@H]1C=CC[C@@H]1[C@@H](c1ccccn1)N2. The van der Waals surface area contributed by atoms with Gasteiger partial charge in [0.15, 0.2) is 0 Å². The van der Waals surface area contributed by atoms with Gasteiger partial charge in [-0.1, -0.05) is 18.2 Å². The smallest absolute Gasteiger partial charge is 0.292 e. The van der Waals surface area contributed by atoms with Crippen LogP contribution < -0.4 is 5.32 Å². The predicted molar refractivity (Wildman–Crippen MR) is 93.2 cm³/mol. The van der Waals surface area contributed by atoms with Crippen molar-refractivity contribution in [3.63, 3.8) is 0 Å². The highest BCUT2D eigenvalue weighted by molar-refractivity contribution is 5.74. The van der Waals surface area contributed by atoms with Crippen molar-refractivity contribution in [2.45, 2.75) is 32.2 Å². The second-order valence-corrected chi connectivity index (χ2v) is 6.61. The van der Waals surface area contributed by atoms with Gasteiger partial charge in [-0.2, -0.15) is 0 Å². The topological polar surface area (TPSA) is 68.1 Å². The third kappa shape index (κ3) is 2.12. The Morgan fingerprint density at radius 1 is 1.33 bits per heavy atom. The number of nitrogens with one attached hydrogen (secondary N) is 1. The zero-order chi connectivity index (χ0) is 16.8. The number of nitro groups is 1. The first-order valence-corrected chi connectivity index (χ1v) is 8.20. The van der Waals surface area contributed by atoms with Gasteiger partial charge in [-0.05, 0) is 55.0 Å². The lowest BCUT2D eigenvalue weighted by molar-refractivity contribution is -0.384. The Morgan fingerprint density at radius 2 is 2.17 bits per heavy atom. The molecule has 0 fully saturated rings. The van der Waals surface area contributed by atoms with E-state index in [1.54, 1.807) is 12.3 Å². The monoisotopic (exact) mass is 321 g/mol. The summed E-state index contributed by atoms with van der Waals surface area (Å²) in [6.07, 6.45) is 7.13. The third-order valence-corrected chi connectivity index (χ3v) is 5.35. The molecule has 1 aromatic heterocycles. The van der Waals surface area contributed by atoms with E-state index in [-0.39, 0.29) is 22.6 Å². The van der Waals surface area contributed by atoms with Crippen molar-refractivity contribution in [3.05, 3.63) is 75.1 Å². The number of pyridine rings is 1. The summed E-state index contributed by atoms with van der Waals surface area (Å²) < 4.78 is 0. The molecule has 0 bridgehead atoms. The van der Waals surface area contributed by atoms with E-state index in [4.69, 9.17) is 0 Å². The lowest BCUT2D eigenvalue weighted by atomic mass is 9.75. The van der Waals surface area contributed by atoms with Gasteiger partial charge >= 0.3 is 0 Å². The molecule has 2 heterocycles. The Labute approximate surface area is 140 Å². The van der Waals surface area contributed by atoms with E-state index in [1.165, 1.54) is 0 Å². The molecule has 0 saturated carbocycles. The lowest BCUT2D eigenvalue weighted by Gasteiger charge is -2.37. The van der Waals surface area contributed by atoms with Crippen LogP contribution in [-0.2, 0) is 0 Å². The number of aromatic nitrogens is 1. The van der Waals surface area contributed by atoms with Crippen LogP contribution in [0.2, 0.25) is 0 Å². The van der Waals surface area contributed by atoms with Crippen LogP contribution in [0.25, 0.3) is 0 Å². The van der Waals surface area contributed by atoms with Gasteiger partial charge < -0.3 is 5.32 Å². The molecule has 2 aliphatic rings. The van der Waals surface area contributed by atoms with Crippen LogP contribution in [0.1, 0.15) is 40.8 Å². The first kappa shape index (κ1) is 14.9. The van der Waals surface area contributed by atoms with Crippen molar-refractivity contribution in [2.24, 2.45) is 5.92 Å². The predicted octanol–water partition coefficient (Wildman–Crippen LogP) is 4.43. The summed E-state index contributed by atoms with van der Waals surface area (Å²) in [5.41, 5.74) is 4.95. The third-order valence-electron chi connectivity index (χ3n) is 5.35. The van der Waals surface area contributed by atoms with E-state index in [1.807, 2.05) is 25.1 Å². The van der Waals surface area contributed by atoms with Gasteiger partial charge in [0.05, 0.1) is 16.7 Å². The number of nitro benzene ring substituents is 1. The molecule has 0 unspecified atom stereocenters. The molecule has 1 N–H and O–H groups in total. The minimum absolute atomic E-state index is 0.0143. The van der Waals surface area contributed by atoms with Gasteiger partial charge in [0, 0.05) is 18.2 Å². The summed E-state index contributed by atoms with van der Waals surface area (Å²) in [6, 6.07) is 7.51. The van der Waals surface area contributed by atoms with Crippen molar-refractivity contribution in [1.29, 1.82) is 0 Å².